The van der Waals surface area contributed by atoms with Crippen molar-refractivity contribution >= 4 is 16.7 Å². The molecular weight excluding hydrogens is 210 g/mol. The van der Waals surface area contributed by atoms with Gasteiger partial charge in [0.1, 0.15) is 11.5 Å². The van der Waals surface area contributed by atoms with Crippen molar-refractivity contribution in [1.29, 1.82) is 0 Å². The summed E-state index contributed by atoms with van der Waals surface area (Å²) in [6.45, 7) is 0. The van der Waals surface area contributed by atoms with Crippen molar-refractivity contribution in [2.24, 2.45) is 0 Å². The minimum Gasteiger partial charge on any atom is -0.374 e. The normalized spacial score (nSPS) is 10.4. The topological polar surface area (TPSA) is 64.7 Å². The van der Waals surface area contributed by atoms with Gasteiger partial charge in [0.2, 0.25) is 0 Å². The van der Waals surface area contributed by atoms with Crippen LogP contribution in [0.25, 0.3) is 11.5 Å². The van der Waals surface area contributed by atoms with Gasteiger partial charge in [-0.1, -0.05) is 0 Å². The van der Waals surface area contributed by atoms with Gasteiger partial charge in [0.25, 0.3) is 0 Å². The molecule has 0 radical (unpaired) electrons. The molecule has 0 bridgehead atoms. The average Bonchev–Trinajstić information content (AvgIpc) is 2.51. The summed E-state index contributed by atoms with van der Waals surface area (Å²) in [7, 11) is 0. The summed E-state index contributed by atoms with van der Waals surface area (Å²) in [6, 6.07) is 0.722. The Kier molecular flexibility index (Phi) is 2.08. The first-order chi connectivity index (χ1) is 6.66. The number of halogens is 2. The number of anilines is 1. The fourth-order valence-corrected chi connectivity index (χ4v) is 1.35. The maximum atomic E-state index is 13.1. The highest BCUT2D eigenvalue weighted by Gasteiger charge is 2.12. The Hall–Kier alpha value is -1.63. The molecule has 2 heterocycles. The molecular formula is C7H4F2N4S. The first-order valence-corrected chi connectivity index (χ1v) is 4.35. The second-order valence-corrected chi connectivity index (χ2v) is 3.22. The molecule has 72 valence electrons. The van der Waals surface area contributed by atoms with Gasteiger partial charge in [-0.2, -0.15) is 9.36 Å². The molecule has 0 unspecified atom stereocenters. The Balaban J connectivity index is 2.52. The predicted octanol–water partition coefficient (Wildman–Crippen LogP) is 1.46. The van der Waals surface area contributed by atoms with Crippen LogP contribution in [0.5, 0.6) is 0 Å². The lowest BCUT2D eigenvalue weighted by Crippen LogP contribution is -1.93. The highest BCUT2D eigenvalue weighted by molar-refractivity contribution is 7.09. The first-order valence-electron chi connectivity index (χ1n) is 3.57. The molecule has 0 saturated heterocycles. The molecule has 0 aromatic carbocycles. The van der Waals surface area contributed by atoms with Gasteiger partial charge in [-0.05, 0) is 0 Å². The molecule has 2 rings (SSSR count). The Labute approximate surface area is 81.6 Å². The van der Waals surface area contributed by atoms with E-state index in [-0.39, 0.29) is 16.6 Å². The quantitative estimate of drug-likeness (QED) is 0.780. The van der Waals surface area contributed by atoms with Crippen LogP contribution in [-0.2, 0) is 0 Å². The summed E-state index contributed by atoms with van der Waals surface area (Å²) in [4.78, 5) is 7.27. The largest absolute Gasteiger partial charge is 0.374 e. The number of nitrogens with two attached hydrogens (primary N) is 1. The van der Waals surface area contributed by atoms with Gasteiger partial charge in [-0.15, -0.1) is 0 Å². The smallest absolute Gasteiger partial charge is 0.200 e. The van der Waals surface area contributed by atoms with Gasteiger partial charge >= 0.3 is 0 Å². The zero-order chi connectivity index (χ0) is 10.1. The van der Waals surface area contributed by atoms with E-state index in [2.05, 4.69) is 14.3 Å². The summed E-state index contributed by atoms with van der Waals surface area (Å²) in [5.74, 6) is -1.47. The van der Waals surface area contributed by atoms with Gasteiger partial charge < -0.3 is 5.73 Å². The Morgan fingerprint density at radius 1 is 1.36 bits per heavy atom. The number of hydrogen-bond donors (Lipinski definition) is 1. The summed E-state index contributed by atoms with van der Waals surface area (Å²) in [5.41, 5.74) is 5.22. The standard InChI is InChI=1S/C7H4F2N4S/c8-3-1-4(9)5(11-2-3)6-12-7(10)14-13-6/h1-2H,(H2,10,12,13). The maximum absolute atomic E-state index is 13.1. The number of nitrogens with zero attached hydrogens (tertiary/aromatic N) is 3. The van der Waals surface area contributed by atoms with E-state index in [9.17, 15) is 8.78 Å². The first kappa shape index (κ1) is 8.95. The van der Waals surface area contributed by atoms with Crippen molar-refractivity contribution < 1.29 is 8.78 Å². The molecule has 0 atom stereocenters. The highest BCUT2D eigenvalue weighted by atomic mass is 32.1. The van der Waals surface area contributed by atoms with Crippen molar-refractivity contribution in [3.05, 3.63) is 23.9 Å². The van der Waals surface area contributed by atoms with Crippen molar-refractivity contribution in [3.8, 4) is 11.5 Å². The van der Waals surface area contributed by atoms with E-state index in [1.54, 1.807) is 0 Å². The van der Waals surface area contributed by atoms with Crippen LogP contribution in [0.2, 0.25) is 0 Å². The van der Waals surface area contributed by atoms with Gasteiger partial charge in [-0.3, -0.25) is 0 Å². The summed E-state index contributed by atoms with van der Waals surface area (Å²) in [6.07, 6.45) is 0.898. The summed E-state index contributed by atoms with van der Waals surface area (Å²) >= 11 is 0.928. The predicted molar refractivity (Wildman–Crippen MR) is 47.5 cm³/mol. The lowest BCUT2D eigenvalue weighted by atomic mass is 10.3. The molecule has 0 aliphatic carbocycles. The van der Waals surface area contributed by atoms with Gasteiger partial charge in [0, 0.05) is 17.6 Å². The third-order valence-electron chi connectivity index (χ3n) is 1.46. The Morgan fingerprint density at radius 2 is 2.14 bits per heavy atom. The highest BCUT2D eigenvalue weighted by Crippen LogP contribution is 2.20. The van der Waals surface area contributed by atoms with Crippen LogP contribution in [0.4, 0.5) is 13.9 Å². The lowest BCUT2D eigenvalue weighted by molar-refractivity contribution is 0.575. The van der Waals surface area contributed by atoms with Crippen molar-refractivity contribution in [3.63, 3.8) is 0 Å². The molecule has 0 aliphatic heterocycles. The van der Waals surface area contributed by atoms with Crippen LogP contribution in [0.3, 0.4) is 0 Å². The molecule has 0 aliphatic rings. The summed E-state index contributed by atoms with van der Waals surface area (Å²) in [5, 5.41) is 0.213. The zero-order valence-electron chi connectivity index (χ0n) is 6.74. The number of pyridine rings is 1. The number of nitrogen functional groups attached to an aromatic ring is 1. The van der Waals surface area contributed by atoms with Crippen LogP contribution in [0.15, 0.2) is 12.3 Å². The second kappa shape index (κ2) is 3.26. The summed E-state index contributed by atoms with van der Waals surface area (Å²) < 4.78 is 29.4. The SMILES string of the molecule is Nc1nc(-c2ncc(F)cc2F)ns1. The molecule has 4 nitrogen and oxygen atoms in total. The molecule has 2 aromatic heterocycles. The average molecular weight is 214 g/mol. The Bertz CT molecular complexity index is 470. The third-order valence-corrected chi connectivity index (χ3v) is 2.00. The number of rotatable bonds is 1. The van der Waals surface area contributed by atoms with E-state index in [0.29, 0.717) is 0 Å². The fourth-order valence-electron chi connectivity index (χ4n) is 0.910. The molecule has 0 fully saturated rings. The Morgan fingerprint density at radius 3 is 2.71 bits per heavy atom. The van der Waals surface area contributed by atoms with Crippen LogP contribution in [0, 0.1) is 11.6 Å². The van der Waals surface area contributed by atoms with Gasteiger partial charge in [0.15, 0.2) is 16.8 Å². The molecule has 0 saturated carbocycles. The van der Waals surface area contributed by atoms with E-state index in [1.807, 2.05) is 0 Å². The number of hydrogen-bond acceptors (Lipinski definition) is 5. The van der Waals surface area contributed by atoms with Gasteiger partial charge in [0.05, 0.1) is 6.20 Å². The molecule has 2 aromatic rings. The molecule has 0 spiro atoms. The van der Waals surface area contributed by atoms with E-state index in [0.717, 1.165) is 23.8 Å². The maximum Gasteiger partial charge on any atom is 0.200 e. The zero-order valence-corrected chi connectivity index (χ0v) is 7.55. The van der Waals surface area contributed by atoms with E-state index in [1.165, 1.54) is 0 Å². The van der Waals surface area contributed by atoms with Crippen LogP contribution in [0.1, 0.15) is 0 Å². The van der Waals surface area contributed by atoms with E-state index in [4.69, 9.17) is 5.73 Å². The molecule has 14 heavy (non-hydrogen) atoms. The van der Waals surface area contributed by atoms with Crippen molar-refractivity contribution in [1.82, 2.24) is 14.3 Å². The van der Waals surface area contributed by atoms with Crippen LogP contribution >= 0.6 is 11.5 Å². The van der Waals surface area contributed by atoms with E-state index >= 15 is 0 Å². The van der Waals surface area contributed by atoms with Crippen molar-refractivity contribution in [2.45, 2.75) is 0 Å². The van der Waals surface area contributed by atoms with Crippen LogP contribution < -0.4 is 5.73 Å². The molecule has 0 amide bonds. The lowest BCUT2D eigenvalue weighted by Gasteiger charge is -1.95. The van der Waals surface area contributed by atoms with Gasteiger partial charge in [-0.25, -0.2) is 13.8 Å². The minimum absolute atomic E-state index is 0.0741. The van der Waals surface area contributed by atoms with Crippen molar-refractivity contribution in [2.75, 3.05) is 5.73 Å². The fraction of sp³-hybridized carbons (Fsp3) is 0. The molecule has 2 N–H and O–H groups in total. The molecule has 7 heteroatoms. The van der Waals surface area contributed by atoms with Crippen LogP contribution in [-0.4, -0.2) is 14.3 Å². The minimum atomic E-state index is -0.803. The monoisotopic (exact) mass is 214 g/mol. The number of aromatic nitrogens is 3. The third kappa shape index (κ3) is 1.53. The van der Waals surface area contributed by atoms with E-state index < -0.39 is 11.6 Å². The second-order valence-electron chi connectivity index (χ2n) is 2.44.